The van der Waals surface area contributed by atoms with Crippen LogP contribution in [0.5, 0.6) is 5.75 Å². The van der Waals surface area contributed by atoms with Gasteiger partial charge in [0.05, 0.1) is 30.7 Å². The van der Waals surface area contributed by atoms with Crippen molar-refractivity contribution >= 4 is 46.7 Å². The van der Waals surface area contributed by atoms with E-state index in [-0.39, 0.29) is 12.1 Å². The quantitative estimate of drug-likeness (QED) is 0.0763. The molecule has 0 bridgehead atoms. The number of amides is 1. The van der Waals surface area contributed by atoms with E-state index in [1.54, 1.807) is 26.0 Å². The highest BCUT2D eigenvalue weighted by Crippen LogP contribution is 2.34. The summed E-state index contributed by atoms with van der Waals surface area (Å²) in [4.78, 5) is 19.0. The maximum atomic E-state index is 10.8. The number of nitrogens with zero attached hydrogens (tertiary/aromatic N) is 4. The van der Waals surface area contributed by atoms with Gasteiger partial charge in [0.25, 0.3) is 0 Å². The summed E-state index contributed by atoms with van der Waals surface area (Å²) in [5.41, 5.74) is 11.6. The average Bonchev–Trinajstić information content (AvgIpc) is 3.65. The SMILES string of the molecule is CC(=O)NCCCCCCCCCCNSc1cc(-c2c(C)noc2C)ccc1C.COc1ccc2c(c1)C(c1ccc(Cl)cc1)=NCC1=NNC(C)N12. The molecule has 1 atom stereocenters. The van der Waals surface area contributed by atoms with E-state index in [1.165, 1.54) is 61.0 Å². The molecule has 2 aliphatic heterocycles. The lowest BCUT2D eigenvalue weighted by Crippen LogP contribution is -2.38. The maximum absolute atomic E-state index is 10.8. The molecule has 54 heavy (non-hydrogen) atoms. The van der Waals surface area contributed by atoms with Crippen molar-refractivity contribution in [1.29, 1.82) is 0 Å². The third-order valence-corrected chi connectivity index (χ3v) is 10.8. The van der Waals surface area contributed by atoms with Gasteiger partial charge in [0, 0.05) is 46.6 Å². The van der Waals surface area contributed by atoms with E-state index < -0.39 is 0 Å². The number of ether oxygens (including phenoxy) is 1. The van der Waals surface area contributed by atoms with Crippen molar-refractivity contribution in [3.8, 4) is 16.9 Å². The van der Waals surface area contributed by atoms with Crippen molar-refractivity contribution in [2.75, 3.05) is 31.6 Å². The first-order chi connectivity index (χ1) is 26.2. The molecule has 1 amide bonds. The molecule has 1 unspecified atom stereocenters. The Labute approximate surface area is 329 Å². The third-order valence-electron chi connectivity index (χ3n) is 9.53. The monoisotopic (exact) mass is 771 g/mol. The highest BCUT2D eigenvalue weighted by Gasteiger charge is 2.31. The summed E-state index contributed by atoms with van der Waals surface area (Å²) < 4.78 is 14.3. The standard InChI is InChI=1S/C24H37N3O2S.C18H17ClN4O/c1-18-13-14-22(24-19(2)27-29-20(24)3)17-23(18)30-26-16-12-10-8-6-5-7-9-11-15-25-21(4)28;1-11-21-22-17-10-20-18(12-3-5-13(19)6-4-12)15-9-14(24-2)7-8-16(15)23(11)17/h13-14,17,26H,5-12,15-16H2,1-4H3,(H,25,28);3-9,11,21H,10H2,1-2H3. The van der Waals surface area contributed by atoms with Crippen LogP contribution in [-0.2, 0) is 4.79 Å². The number of carbonyl (C=O) groups is 1. The zero-order valence-electron chi connectivity index (χ0n) is 32.4. The van der Waals surface area contributed by atoms with Crippen LogP contribution in [0.2, 0.25) is 5.02 Å². The Kier molecular flexibility index (Phi) is 15.4. The van der Waals surface area contributed by atoms with Gasteiger partial charge in [-0.3, -0.25) is 19.9 Å². The smallest absolute Gasteiger partial charge is 0.216 e. The van der Waals surface area contributed by atoms with Crippen LogP contribution in [0.1, 0.15) is 93.4 Å². The minimum atomic E-state index is 0.0742. The number of benzene rings is 3. The van der Waals surface area contributed by atoms with E-state index in [9.17, 15) is 4.79 Å². The number of aliphatic imine (C=N–C) groups is 1. The van der Waals surface area contributed by atoms with E-state index >= 15 is 0 Å². The lowest BCUT2D eigenvalue weighted by Gasteiger charge is -2.25. The van der Waals surface area contributed by atoms with Gasteiger partial charge in [-0.1, -0.05) is 79.5 Å². The molecule has 0 radical (unpaired) electrons. The Morgan fingerprint density at radius 2 is 1.63 bits per heavy atom. The van der Waals surface area contributed by atoms with Gasteiger partial charge < -0.3 is 19.5 Å². The van der Waals surface area contributed by atoms with E-state index in [2.05, 4.69) is 68.7 Å². The van der Waals surface area contributed by atoms with Crippen molar-refractivity contribution in [2.24, 2.45) is 10.1 Å². The molecule has 2 aliphatic rings. The second-order valence-electron chi connectivity index (χ2n) is 13.7. The fraction of sp³-hybridized carbons (Fsp3) is 0.429. The first-order valence-corrected chi connectivity index (χ1v) is 20.1. The molecule has 1 aromatic heterocycles. The Balaban J connectivity index is 0.000000212. The number of aromatic nitrogens is 1. The number of unbranched alkanes of at least 4 members (excludes halogenated alkanes) is 7. The number of fused-ring (bicyclic) bond motifs is 3. The number of amidine groups is 1. The maximum Gasteiger partial charge on any atom is 0.216 e. The molecule has 4 aromatic rings. The highest BCUT2D eigenvalue weighted by atomic mass is 35.5. The summed E-state index contributed by atoms with van der Waals surface area (Å²) >= 11 is 7.75. The van der Waals surface area contributed by atoms with Gasteiger partial charge >= 0.3 is 0 Å². The van der Waals surface area contributed by atoms with Crippen LogP contribution in [0.3, 0.4) is 0 Å². The predicted octanol–water partition coefficient (Wildman–Crippen LogP) is 9.39. The van der Waals surface area contributed by atoms with E-state index in [4.69, 9.17) is 25.9 Å². The molecule has 0 spiro atoms. The molecule has 0 fully saturated rings. The molecule has 0 saturated carbocycles. The number of aryl methyl sites for hydroxylation is 3. The molecule has 10 nitrogen and oxygen atoms in total. The van der Waals surface area contributed by atoms with Gasteiger partial charge in [-0.05, 0) is 100 Å². The number of nitrogens with one attached hydrogen (secondary N) is 3. The van der Waals surface area contributed by atoms with Crippen LogP contribution in [0.4, 0.5) is 5.69 Å². The first kappa shape index (κ1) is 40.9. The number of anilines is 1. The van der Waals surface area contributed by atoms with E-state index in [0.29, 0.717) is 11.6 Å². The minimum Gasteiger partial charge on any atom is -0.497 e. The topological polar surface area (TPSA) is 116 Å². The molecule has 288 valence electrons. The summed E-state index contributed by atoms with van der Waals surface area (Å²) in [6.45, 7) is 12.1. The molecule has 3 N–H and O–H groups in total. The van der Waals surface area contributed by atoms with Crippen molar-refractivity contribution in [3.05, 3.63) is 93.8 Å². The third kappa shape index (κ3) is 11.1. The molecular formula is C42H54ClN7O3S. The molecule has 12 heteroatoms. The summed E-state index contributed by atoms with van der Waals surface area (Å²) in [7, 11) is 1.67. The number of hydrogen-bond donors (Lipinski definition) is 3. The number of hydrazone groups is 1. The van der Waals surface area contributed by atoms with Gasteiger partial charge in [-0.25, -0.2) is 0 Å². The van der Waals surface area contributed by atoms with Crippen molar-refractivity contribution in [1.82, 2.24) is 20.6 Å². The van der Waals surface area contributed by atoms with Gasteiger partial charge in [-0.2, -0.15) is 5.10 Å². The van der Waals surface area contributed by atoms with Crippen LogP contribution in [-0.4, -0.2) is 55.5 Å². The second-order valence-corrected chi connectivity index (χ2v) is 15.1. The fourth-order valence-corrected chi connectivity index (χ4v) is 7.57. The molecule has 6 rings (SSSR count). The minimum absolute atomic E-state index is 0.0742. The zero-order valence-corrected chi connectivity index (χ0v) is 34.0. The van der Waals surface area contributed by atoms with Gasteiger partial charge in [0.2, 0.25) is 5.91 Å². The number of rotatable bonds is 16. The number of halogens is 1. The zero-order chi connectivity index (χ0) is 38.5. The van der Waals surface area contributed by atoms with E-state index in [1.807, 2.05) is 50.2 Å². The van der Waals surface area contributed by atoms with Crippen LogP contribution in [0, 0.1) is 20.8 Å². The summed E-state index contributed by atoms with van der Waals surface area (Å²) in [5, 5.41) is 12.1. The lowest BCUT2D eigenvalue weighted by atomic mass is 9.99. The number of carbonyl (C=O) groups excluding carboxylic acids is 1. The van der Waals surface area contributed by atoms with Crippen LogP contribution in [0.15, 0.2) is 80.2 Å². The lowest BCUT2D eigenvalue weighted by molar-refractivity contribution is -0.118. The van der Waals surface area contributed by atoms with E-state index in [0.717, 1.165) is 70.6 Å². The fourth-order valence-electron chi connectivity index (χ4n) is 6.63. The van der Waals surface area contributed by atoms with Crippen molar-refractivity contribution in [2.45, 2.75) is 97.0 Å². The highest BCUT2D eigenvalue weighted by molar-refractivity contribution is 7.97. The van der Waals surface area contributed by atoms with Crippen molar-refractivity contribution < 1.29 is 14.1 Å². The Hall–Kier alpha value is -4.32. The van der Waals surface area contributed by atoms with Crippen molar-refractivity contribution in [3.63, 3.8) is 0 Å². The first-order valence-electron chi connectivity index (χ1n) is 18.9. The second kappa shape index (κ2) is 20.4. The summed E-state index contributed by atoms with van der Waals surface area (Å²) in [6.07, 6.45) is 10.1. The molecule has 3 heterocycles. The van der Waals surface area contributed by atoms with Gasteiger partial charge in [0.1, 0.15) is 17.7 Å². The largest absolute Gasteiger partial charge is 0.497 e. The Morgan fingerprint density at radius 3 is 2.30 bits per heavy atom. The van der Waals surface area contributed by atoms with Crippen LogP contribution in [0.25, 0.3) is 11.1 Å². The Bertz CT molecular complexity index is 1890. The molecule has 0 aliphatic carbocycles. The number of methoxy groups -OCH3 is 1. The normalized spacial score (nSPS) is 14.5. The summed E-state index contributed by atoms with van der Waals surface area (Å²) in [6, 6.07) is 20.3. The number of hydrogen-bond acceptors (Lipinski definition) is 10. The average molecular weight is 772 g/mol. The molecular weight excluding hydrogens is 718 g/mol. The van der Waals surface area contributed by atoms with Gasteiger partial charge in [-0.15, -0.1) is 0 Å². The predicted molar refractivity (Wildman–Crippen MR) is 223 cm³/mol. The Morgan fingerprint density at radius 1 is 0.944 bits per heavy atom. The molecule has 0 saturated heterocycles. The van der Waals surface area contributed by atoms with Crippen LogP contribution < -0.4 is 25.1 Å². The van der Waals surface area contributed by atoms with Crippen LogP contribution >= 0.6 is 23.5 Å². The van der Waals surface area contributed by atoms with Gasteiger partial charge in [0.15, 0.2) is 5.84 Å². The summed E-state index contributed by atoms with van der Waals surface area (Å²) in [5.74, 6) is 2.66. The molecule has 3 aromatic carbocycles.